The van der Waals surface area contributed by atoms with Gasteiger partial charge in [-0.1, -0.05) is 0 Å². The first-order valence-electron chi connectivity index (χ1n) is 5.90. The molecule has 0 radical (unpaired) electrons. The van der Waals surface area contributed by atoms with E-state index in [1.807, 2.05) is 0 Å². The Morgan fingerprint density at radius 3 is 2.36 bits per heavy atom. The van der Waals surface area contributed by atoms with Crippen LogP contribution in [-0.4, -0.2) is 41.6 Å². The molecule has 0 amide bonds. The first-order valence-corrected chi connectivity index (χ1v) is 7.06. The van der Waals surface area contributed by atoms with Gasteiger partial charge in [-0.3, -0.25) is 4.90 Å². The van der Waals surface area contributed by atoms with Gasteiger partial charge in [0.2, 0.25) is 0 Å². The molecule has 2 saturated heterocycles. The average molecular weight is 214 g/mol. The number of rotatable bonds is 3. The second-order valence-corrected chi connectivity index (χ2v) is 5.79. The van der Waals surface area contributed by atoms with Crippen molar-refractivity contribution < 1.29 is 0 Å². The zero-order valence-corrected chi connectivity index (χ0v) is 9.82. The number of thioether (sulfide) groups is 1. The van der Waals surface area contributed by atoms with E-state index in [1.54, 1.807) is 0 Å². The molecule has 0 bridgehead atoms. The Bertz CT molecular complexity index is 167. The van der Waals surface area contributed by atoms with Crippen molar-refractivity contribution in [3.8, 4) is 0 Å². The molecule has 82 valence electrons. The van der Waals surface area contributed by atoms with Crippen molar-refractivity contribution in [1.82, 2.24) is 4.90 Å². The van der Waals surface area contributed by atoms with Crippen LogP contribution in [0.15, 0.2) is 0 Å². The topological polar surface area (TPSA) is 29.3 Å². The summed E-state index contributed by atoms with van der Waals surface area (Å²) in [5.74, 6) is 2.69. The molecule has 2 nitrogen and oxygen atoms in total. The van der Waals surface area contributed by atoms with Crippen LogP contribution in [0.3, 0.4) is 0 Å². The van der Waals surface area contributed by atoms with Crippen LogP contribution in [0.1, 0.15) is 32.1 Å². The van der Waals surface area contributed by atoms with E-state index in [4.69, 9.17) is 5.73 Å². The van der Waals surface area contributed by atoms with Crippen molar-refractivity contribution in [3.63, 3.8) is 0 Å². The molecular weight excluding hydrogens is 192 g/mol. The van der Waals surface area contributed by atoms with E-state index in [0.29, 0.717) is 5.54 Å². The van der Waals surface area contributed by atoms with E-state index in [1.165, 1.54) is 56.7 Å². The van der Waals surface area contributed by atoms with E-state index in [-0.39, 0.29) is 0 Å². The lowest BCUT2D eigenvalue weighted by atomic mass is 9.86. The number of nitrogens with two attached hydrogens (primary N) is 1. The maximum Gasteiger partial charge on any atom is 0.0237 e. The minimum atomic E-state index is 0.497. The van der Waals surface area contributed by atoms with Gasteiger partial charge < -0.3 is 5.73 Å². The summed E-state index contributed by atoms with van der Waals surface area (Å²) in [6.07, 6.45) is 6.76. The van der Waals surface area contributed by atoms with Crippen molar-refractivity contribution in [2.75, 3.05) is 31.1 Å². The van der Waals surface area contributed by atoms with Crippen molar-refractivity contribution in [2.24, 2.45) is 5.73 Å². The first-order chi connectivity index (χ1) is 6.87. The van der Waals surface area contributed by atoms with Crippen molar-refractivity contribution in [1.29, 1.82) is 0 Å². The van der Waals surface area contributed by atoms with Gasteiger partial charge in [-0.25, -0.2) is 0 Å². The third-order valence-electron chi connectivity index (χ3n) is 3.81. The van der Waals surface area contributed by atoms with Crippen LogP contribution >= 0.6 is 11.8 Å². The molecule has 0 spiro atoms. The Kier molecular flexibility index (Phi) is 3.74. The van der Waals surface area contributed by atoms with Crippen LogP contribution in [0.2, 0.25) is 0 Å². The van der Waals surface area contributed by atoms with Crippen molar-refractivity contribution in [2.45, 2.75) is 37.6 Å². The van der Waals surface area contributed by atoms with Gasteiger partial charge in [0.15, 0.2) is 0 Å². The van der Waals surface area contributed by atoms with Gasteiger partial charge in [0, 0.05) is 5.54 Å². The second kappa shape index (κ2) is 4.86. The molecule has 2 heterocycles. The molecule has 2 aliphatic rings. The second-order valence-electron chi connectivity index (χ2n) is 4.57. The first kappa shape index (κ1) is 10.8. The van der Waals surface area contributed by atoms with E-state index >= 15 is 0 Å². The highest BCUT2D eigenvalue weighted by Gasteiger charge is 2.38. The molecule has 0 unspecified atom stereocenters. The minimum Gasteiger partial charge on any atom is -0.330 e. The Hall–Kier alpha value is 0.270. The Labute approximate surface area is 91.6 Å². The molecule has 2 rings (SSSR count). The van der Waals surface area contributed by atoms with Crippen LogP contribution in [-0.2, 0) is 0 Å². The van der Waals surface area contributed by atoms with E-state index in [2.05, 4.69) is 16.7 Å². The summed E-state index contributed by atoms with van der Waals surface area (Å²) in [5, 5.41) is 0. The number of nitrogens with zero attached hydrogens (tertiary/aromatic N) is 1. The summed E-state index contributed by atoms with van der Waals surface area (Å²) in [5.41, 5.74) is 6.28. The molecular formula is C11H22N2S. The number of likely N-dealkylation sites (tertiary alicyclic amines) is 1. The zero-order valence-electron chi connectivity index (χ0n) is 9.00. The smallest absolute Gasteiger partial charge is 0.0237 e. The molecule has 0 atom stereocenters. The van der Waals surface area contributed by atoms with Gasteiger partial charge in [-0.2, -0.15) is 11.8 Å². The highest BCUT2D eigenvalue weighted by Crippen LogP contribution is 2.36. The monoisotopic (exact) mass is 214 g/mol. The lowest BCUT2D eigenvalue weighted by Gasteiger charge is -2.44. The van der Waals surface area contributed by atoms with Gasteiger partial charge >= 0.3 is 0 Å². The Balaban J connectivity index is 2.02. The lowest BCUT2D eigenvalue weighted by molar-refractivity contribution is 0.0978. The molecule has 3 heteroatoms. The quantitative estimate of drug-likeness (QED) is 0.775. The highest BCUT2D eigenvalue weighted by atomic mass is 32.2. The van der Waals surface area contributed by atoms with Crippen LogP contribution < -0.4 is 5.73 Å². The normalized spacial score (nSPS) is 28.1. The van der Waals surface area contributed by atoms with Crippen molar-refractivity contribution >= 4 is 11.8 Å². The zero-order chi connectivity index (χ0) is 9.86. The summed E-state index contributed by atoms with van der Waals surface area (Å²) < 4.78 is 0. The molecule has 2 aliphatic heterocycles. The minimum absolute atomic E-state index is 0.497. The number of hydrogen-bond acceptors (Lipinski definition) is 3. The molecule has 0 aromatic rings. The maximum absolute atomic E-state index is 5.78. The molecule has 2 fully saturated rings. The average Bonchev–Trinajstić information content (AvgIpc) is 2.73. The summed E-state index contributed by atoms with van der Waals surface area (Å²) in [4.78, 5) is 2.74. The van der Waals surface area contributed by atoms with Gasteiger partial charge in [0.1, 0.15) is 0 Å². The van der Waals surface area contributed by atoms with Gasteiger partial charge in [0.05, 0.1) is 0 Å². The fraction of sp³-hybridized carbons (Fsp3) is 1.00. The summed E-state index contributed by atoms with van der Waals surface area (Å²) >= 11 is 2.11. The standard InChI is InChI=1S/C11H22N2S/c12-6-3-11(4-9-14-10-5-11)13-7-1-2-8-13/h1-10,12H2. The predicted octanol–water partition coefficient (Wildman–Crippen LogP) is 1.70. The van der Waals surface area contributed by atoms with Gasteiger partial charge in [-0.15, -0.1) is 0 Å². The van der Waals surface area contributed by atoms with Crippen LogP contribution in [0, 0.1) is 0 Å². The fourth-order valence-electron chi connectivity index (χ4n) is 2.94. The molecule has 0 aromatic heterocycles. The van der Waals surface area contributed by atoms with Crippen LogP contribution in [0.25, 0.3) is 0 Å². The van der Waals surface area contributed by atoms with E-state index < -0.39 is 0 Å². The summed E-state index contributed by atoms with van der Waals surface area (Å²) in [6.45, 7) is 3.51. The molecule has 2 N–H and O–H groups in total. The fourth-order valence-corrected chi connectivity index (χ4v) is 4.19. The molecule has 0 aromatic carbocycles. The van der Waals surface area contributed by atoms with Gasteiger partial charge in [-0.05, 0) is 63.2 Å². The molecule has 0 saturated carbocycles. The van der Waals surface area contributed by atoms with Crippen LogP contribution in [0.5, 0.6) is 0 Å². The third-order valence-corrected chi connectivity index (χ3v) is 4.80. The SMILES string of the molecule is NCCC1(N2CCCC2)CCSCC1. The predicted molar refractivity (Wildman–Crippen MR) is 63.8 cm³/mol. The third kappa shape index (κ3) is 2.10. The summed E-state index contributed by atoms with van der Waals surface area (Å²) in [6, 6.07) is 0. The van der Waals surface area contributed by atoms with Gasteiger partial charge in [0.25, 0.3) is 0 Å². The van der Waals surface area contributed by atoms with E-state index in [9.17, 15) is 0 Å². The largest absolute Gasteiger partial charge is 0.330 e. The highest BCUT2D eigenvalue weighted by molar-refractivity contribution is 7.99. The van der Waals surface area contributed by atoms with Crippen molar-refractivity contribution in [3.05, 3.63) is 0 Å². The summed E-state index contributed by atoms with van der Waals surface area (Å²) in [7, 11) is 0. The lowest BCUT2D eigenvalue weighted by Crippen LogP contribution is -2.50. The maximum atomic E-state index is 5.78. The van der Waals surface area contributed by atoms with Crippen LogP contribution in [0.4, 0.5) is 0 Å². The molecule has 14 heavy (non-hydrogen) atoms. The molecule has 0 aliphatic carbocycles. The number of hydrogen-bond donors (Lipinski definition) is 1. The van der Waals surface area contributed by atoms with E-state index in [0.717, 1.165) is 6.54 Å². The Morgan fingerprint density at radius 2 is 1.79 bits per heavy atom. The Morgan fingerprint density at radius 1 is 1.14 bits per heavy atom.